The van der Waals surface area contributed by atoms with E-state index in [9.17, 15) is 0 Å². The molecule has 2 heterocycles. The van der Waals surface area contributed by atoms with Gasteiger partial charge < -0.3 is 4.74 Å². The number of halogens is 2. The zero-order chi connectivity index (χ0) is 13.4. The maximum atomic E-state index is 6.30. The summed E-state index contributed by atoms with van der Waals surface area (Å²) in [6.45, 7) is 0. The number of hydrogen-bond acceptors (Lipinski definition) is 2. The Morgan fingerprint density at radius 1 is 1.26 bits per heavy atom. The molecule has 0 radical (unpaired) electrons. The number of pyridine rings is 1. The van der Waals surface area contributed by atoms with Crippen molar-refractivity contribution in [2.45, 2.75) is 0 Å². The fourth-order valence-corrected chi connectivity index (χ4v) is 2.74. The van der Waals surface area contributed by atoms with Gasteiger partial charge in [-0.1, -0.05) is 17.7 Å². The zero-order valence-corrected chi connectivity index (χ0v) is 12.4. The lowest BCUT2D eigenvalue weighted by atomic mass is 10.2. The minimum absolute atomic E-state index is 0.614. The van der Waals surface area contributed by atoms with E-state index in [1.165, 1.54) is 0 Å². The van der Waals surface area contributed by atoms with Gasteiger partial charge in [0, 0.05) is 11.8 Å². The van der Waals surface area contributed by atoms with Crippen LogP contribution in [0.4, 0.5) is 0 Å². The summed E-state index contributed by atoms with van der Waals surface area (Å²) >= 11 is 9.77. The number of benzene rings is 1. The lowest BCUT2D eigenvalue weighted by molar-refractivity contribution is 0.415. The summed E-state index contributed by atoms with van der Waals surface area (Å²) in [5.41, 5.74) is 1.87. The molecular weight excluding hydrogens is 328 g/mol. The Balaban J connectivity index is 2.25. The van der Waals surface area contributed by atoms with Crippen LogP contribution in [0.5, 0.6) is 5.75 Å². The first-order valence-electron chi connectivity index (χ1n) is 5.67. The van der Waals surface area contributed by atoms with Crippen LogP contribution in [-0.4, -0.2) is 16.5 Å². The van der Waals surface area contributed by atoms with Crippen molar-refractivity contribution in [1.29, 1.82) is 0 Å². The summed E-state index contributed by atoms with van der Waals surface area (Å²) in [6.07, 6.45) is 1.96. The summed E-state index contributed by atoms with van der Waals surface area (Å²) < 4.78 is 7.96. The second-order valence-corrected chi connectivity index (χ2v) is 5.19. The molecule has 19 heavy (non-hydrogen) atoms. The van der Waals surface area contributed by atoms with Crippen LogP contribution < -0.4 is 4.74 Å². The molecule has 2 aromatic heterocycles. The van der Waals surface area contributed by atoms with Gasteiger partial charge in [-0.15, -0.1) is 0 Å². The molecule has 0 amide bonds. The van der Waals surface area contributed by atoms with Crippen LogP contribution in [0.1, 0.15) is 0 Å². The summed E-state index contributed by atoms with van der Waals surface area (Å²) in [7, 11) is 1.62. The van der Waals surface area contributed by atoms with Crippen LogP contribution in [0.25, 0.3) is 16.9 Å². The summed E-state index contributed by atoms with van der Waals surface area (Å²) in [4.78, 5) is 4.53. The molecular formula is C14H10BrClN2O. The van der Waals surface area contributed by atoms with Crippen molar-refractivity contribution in [2.24, 2.45) is 0 Å². The van der Waals surface area contributed by atoms with Crippen LogP contribution >= 0.6 is 27.5 Å². The van der Waals surface area contributed by atoms with E-state index in [0.717, 1.165) is 27.3 Å². The molecule has 0 unspecified atom stereocenters. The molecule has 0 aliphatic carbocycles. The SMILES string of the molecule is COc1ccc(-c2nc(Br)c3ccccn23)c(Cl)c1. The van der Waals surface area contributed by atoms with Gasteiger partial charge in [0.15, 0.2) is 0 Å². The monoisotopic (exact) mass is 336 g/mol. The van der Waals surface area contributed by atoms with E-state index >= 15 is 0 Å². The third-order valence-electron chi connectivity index (χ3n) is 2.92. The second kappa shape index (κ2) is 4.87. The molecule has 0 aliphatic rings. The topological polar surface area (TPSA) is 26.5 Å². The Kier molecular flexibility index (Phi) is 3.21. The largest absolute Gasteiger partial charge is 0.497 e. The summed E-state index contributed by atoms with van der Waals surface area (Å²) in [5.74, 6) is 1.53. The molecule has 96 valence electrons. The Morgan fingerprint density at radius 3 is 2.84 bits per heavy atom. The van der Waals surface area contributed by atoms with Gasteiger partial charge >= 0.3 is 0 Å². The average molecular weight is 338 g/mol. The van der Waals surface area contributed by atoms with Crippen molar-refractivity contribution in [1.82, 2.24) is 9.38 Å². The van der Waals surface area contributed by atoms with E-state index in [-0.39, 0.29) is 0 Å². The van der Waals surface area contributed by atoms with Crippen LogP contribution in [0.3, 0.4) is 0 Å². The van der Waals surface area contributed by atoms with E-state index in [1.54, 1.807) is 13.2 Å². The number of methoxy groups -OCH3 is 1. The summed E-state index contributed by atoms with van der Waals surface area (Å²) in [5, 5.41) is 0.614. The van der Waals surface area contributed by atoms with Crippen molar-refractivity contribution >= 4 is 33.0 Å². The van der Waals surface area contributed by atoms with Crippen LogP contribution in [0.15, 0.2) is 47.2 Å². The second-order valence-electron chi connectivity index (χ2n) is 4.03. The lowest BCUT2D eigenvalue weighted by Gasteiger charge is -2.06. The highest BCUT2D eigenvalue weighted by Gasteiger charge is 2.13. The fraction of sp³-hybridized carbons (Fsp3) is 0.0714. The first-order chi connectivity index (χ1) is 9.20. The van der Waals surface area contributed by atoms with E-state index in [1.807, 2.05) is 40.9 Å². The molecule has 0 fully saturated rings. The van der Waals surface area contributed by atoms with E-state index in [2.05, 4.69) is 20.9 Å². The molecule has 0 aliphatic heterocycles. The Hall–Kier alpha value is -1.52. The van der Waals surface area contributed by atoms with Crippen molar-refractivity contribution < 1.29 is 4.74 Å². The quantitative estimate of drug-likeness (QED) is 0.692. The normalized spacial score (nSPS) is 10.9. The smallest absolute Gasteiger partial charge is 0.147 e. The molecule has 5 heteroatoms. The number of ether oxygens (including phenoxy) is 1. The highest BCUT2D eigenvalue weighted by molar-refractivity contribution is 9.10. The van der Waals surface area contributed by atoms with Gasteiger partial charge in [-0.3, -0.25) is 4.40 Å². The predicted molar refractivity (Wildman–Crippen MR) is 79.9 cm³/mol. The van der Waals surface area contributed by atoms with E-state index in [0.29, 0.717) is 5.02 Å². The Morgan fingerprint density at radius 2 is 2.11 bits per heavy atom. The Bertz CT molecular complexity index is 754. The molecule has 3 aromatic rings. The van der Waals surface area contributed by atoms with Crippen molar-refractivity contribution in [3.8, 4) is 17.1 Å². The van der Waals surface area contributed by atoms with Crippen molar-refractivity contribution in [3.05, 3.63) is 52.2 Å². The van der Waals surface area contributed by atoms with Crippen molar-refractivity contribution in [2.75, 3.05) is 7.11 Å². The standard InChI is InChI=1S/C14H10BrClN2O/c1-19-9-5-6-10(11(16)8-9)14-17-13(15)12-4-2-3-7-18(12)14/h2-8H,1H3. The number of hydrogen-bond donors (Lipinski definition) is 0. The number of rotatable bonds is 2. The molecule has 3 rings (SSSR count). The molecule has 0 atom stereocenters. The highest BCUT2D eigenvalue weighted by atomic mass is 79.9. The number of aromatic nitrogens is 2. The van der Waals surface area contributed by atoms with Crippen LogP contribution in [0, 0.1) is 0 Å². The first kappa shape index (κ1) is 12.5. The Labute approximate surface area is 123 Å². The number of imidazole rings is 1. The molecule has 3 nitrogen and oxygen atoms in total. The maximum Gasteiger partial charge on any atom is 0.147 e. The zero-order valence-electron chi connectivity index (χ0n) is 10.1. The molecule has 0 N–H and O–H groups in total. The van der Waals surface area contributed by atoms with Gasteiger partial charge in [0.1, 0.15) is 16.2 Å². The number of nitrogens with zero attached hydrogens (tertiary/aromatic N) is 2. The molecule has 0 saturated carbocycles. The minimum Gasteiger partial charge on any atom is -0.497 e. The van der Waals surface area contributed by atoms with Gasteiger partial charge in [-0.05, 0) is 46.3 Å². The molecule has 0 saturated heterocycles. The fourth-order valence-electron chi connectivity index (χ4n) is 1.99. The van der Waals surface area contributed by atoms with Gasteiger partial charge in [-0.25, -0.2) is 4.98 Å². The lowest BCUT2D eigenvalue weighted by Crippen LogP contribution is -1.90. The molecule has 0 bridgehead atoms. The first-order valence-corrected chi connectivity index (χ1v) is 6.84. The summed E-state index contributed by atoms with van der Waals surface area (Å²) in [6, 6.07) is 11.5. The van der Waals surface area contributed by atoms with Crippen LogP contribution in [0.2, 0.25) is 5.02 Å². The third-order valence-corrected chi connectivity index (χ3v) is 3.82. The predicted octanol–water partition coefficient (Wildman–Crippen LogP) is 4.43. The highest BCUT2D eigenvalue weighted by Crippen LogP contribution is 2.32. The minimum atomic E-state index is 0.614. The van der Waals surface area contributed by atoms with Gasteiger partial charge in [0.25, 0.3) is 0 Å². The molecule has 0 spiro atoms. The molecule has 1 aromatic carbocycles. The van der Waals surface area contributed by atoms with Gasteiger partial charge in [-0.2, -0.15) is 0 Å². The van der Waals surface area contributed by atoms with Crippen LogP contribution in [-0.2, 0) is 0 Å². The van der Waals surface area contributed by atoms with E-state index < -0.39 is 0 Å². The third kappa shape index (κ3) is 2.11. The van der Waals surface area contributed by atoms with Gasteiger partial charge in [0.05, 0.1) is 17.6 Å². The van der Waals surface area contributed by atoms with E-state index in [4.69, 9.17) is 16.3 Å². The van der Waals surface area contributed by atoms with Crippen molar-refractivity contribution in [3.63, 3.8) is 0 Å². The van der Waals surface area contributed by atoms with Gasteiger partial charge in [0.2, 0.25) is 0 Å². The maximum absolute atomic E-state index is 6.30. The number of fused-ring (bicyclic) bond motifs is 1. The average Bonchev–Trinajstić information content (AvgIpc) is 2.76.